The Balaban J connectivity index is 1.69. The van der Waals surface area contributed by atoms with Crippen molar-refractivity contribution < 1.29 is 22.7 Å². The summed E-state index contributed by atoms with van der Waals surface area (Å²) in [5, 5.41) is 3.45. The van der Waals surface area contributed by atoms with Crippen molar-refractivity contribution in [3.63, 3.8) is 0 Å². The normalized spacial score (nSPS) is 14.3. The molecule has 11 heteroatoms. The molecule has 0 aromatic heterocycles. The van der Waals surface area contributed by atoms with Crippen LogP contribution in [-0.2, 0) is 26.2 Å². The van der Waals surface area contributed by atoms with Crippen LogP contribution in [0.1, 0.15) is 38.2 Å². The molecule has 41 heavy (non-hydrogen) atoms. The number of anilines is 1. The van der Waals surface area contributed by atoms with Crippen molar-refractivity contribution in [1.29, 1.82) is 0 Å². The van der Waals surface area contributed by atoms with E-state index in [0.29, 0.717) is 5.75 Å². The van der Waals surface area contributed by atoms with Gasteiger partial charge in [0, 0.05) is 12.6 Å². The lowest BCUT2D eigenvalue weighted by Gasteiger charge is -2.32. The average Bonchev–Trinajstić information content (AvgIpc) is 3.49. The molecule has 1 fully saturated rings. The summed E-state index contributed by atoms with van der Waals surface area (Å²) in [6.07, 6.45) is 3.88. The second-order valence-corrected chi connectivity index (χ2v) is 12.6. The summed E-state index contributed by atoms with van der Waals surface area (Å²) < 4.78 is 33.9. The summed E-state index contributed by atoms with van der Waals surface area (Å²) in [6.45, 7) is 1.18. The maximum Gasteiger partial charge on any atom is 0.264 e. The topological polar surface area (TPSA) is 96.0 Å². The summed E-state index contributed by atoms with van der Waals surface area (Å²) in [5.41, 5.74) is 0.927. The summed E-state index contributed by atoms with van der Waals surface area (Å²) in [7, 11) is -2.63. The fraction of sp³-hybridized carbons (Fsp3) is 0.333. The van der Waals surface area contributed by atoms with Gasteiger partial charge in [0.1, 0.15) is 18.3 Å². The number of hydrogen-bond donors (Lipinski definition) is 1. The van der Waals surface area contributed by atoms with Crippen molar-refractivity contribution in [3.8, 4) is 5.75 Å². The van der Waals surface area contributed by atoms with Gasteiger partial charge in [-0.15, -0.1) is 0 Å². The Kier molecular flexibility index (Phi) is 10.2. The monoisotopic (exact) mass is 617 g/mol. The molecule has 1 N–H and O–H groups in total. The Hall–Kier alpha value is -3.27. The summed E-state index contributed by atoms with van der Waals surface area (Å²) in [6, 6.07) is 18.5. The largest absolute Gasteiger partial charge is 0.497 e. The number of hydrogen-bond acceptors (Lipinski definition) is 5. The number of sulfonamides is 1. The number of methoxy groups -OCH3 is 1. The third-order valence-corrected chi connectivity index (χ3v) is 9.71. The van der Waals surface area contributed by atoms with E-state index in [1.54, 1.807) is 56.5 Å². The molecule has 0 bridgehead atoms. The van der Waals surface area contributed by atoms with Crippen LogP contribution in [0.2, 0.25) is 10.0 Å². The fourth-order valence-corrected chi connectivity index (χ4v) is 6.51. The number of carbonyl (C=O) groups is 2. The van der Waals surface area contributed by atoms with Crippen molar-refractivity contribution in [2.24, 2.45) is 0 Å². The quantitative estimate of drug-likeness (QED) is 0.299. The molecule has 1 aliphatic rings. The number of carbonyl (C=O) groups excluding carboxylic acids is 2. The molecule has 0 saturated heterocycles. The molecule has 3 aromatic rings. The van der Waals surface area contributed by atoms with Crippen molar-refractivity contribution in [2.75, 3.05) is 18.0 Å². The highest BCUT2D eigenvalue weighted by Gasteiger charge is 2.33. The number of benzene rings is 3. The fourth-order valence-electron chi connectivity index (χ4n) is 4.79. The lowest BCUT2D eigenvalue weighted by molar-refractivity contribution is -0.139. The summed E-state index contributed by atoms with van der Waals surface area (Å²) in [4.78, 5) is 28.7. The molecule has 8 nitrogen and oxygen atoms in total. The van der Waals surface area contributed by atoms with Crippen LogP contribution in [0.5, 0.6) is 5.75 Å². The smallest absolute Gasteiger partial charge is 0.264 e. The van der Waals surface area contributed by atoms with E-state index in [9.17, 15) is 18.0 Å². The van der Waals surface area contributed by atoms with E-state index in [-0.39, 0.29) is 39.1 Å². The Labute approximate surface area is 251 Å². The molecule has 1 saturated carbocycles. The highest BCUT2D eigenvalue weighted by Crippen LogP contribution is 2.31. The van der Waals surface area contributed by atoms with Crippen LogP contribution < -0.4 is 14.4 Å². The third kappa shape index (κ3) is 7.52. The molecular weight excluding hydrogens is 585 g/mol. The van der Waals surface area contributed by atoms with Crippen molar-refractivity contribution >= 4 is 50.7 Å². The molecule has 218 valence electrons. The molecular formula is C30H33Cl2N3O5S. The van der Waals surface area contributed by atoms with Crippen molar-refractivity contribution in [1.82, 2.24) is 10.2 Å². The maximum atomic E-state index is 14.0. The summed E-state index contributed by atoms with van der Waals surface area (Å²) >= 11 is 12.3. The van der Waals surface area contributed by atoms with Crippen LogP contribution in [0, 0.1) is 0 Å². The molecule has 1 atom stereocenters. The molecule has 0 aliphatic heterocycles. The second kappa shape index (κ2) is 13.6. The first-order valence-corrected chi connectivity index (χ1v) is 15.6. The minimum atomic E-state index is -4.19. The highest BCUT2D eigenvalue weighted by molar-refractivity contribution is 7.92. The van der Waals surface area contributed by atoms with Crippen LogP contribution in [0.4, 0.5) is 5.69 Å². The number of halogens is 2. The van der Waals surface area contributed by atoms with E-state index in [1.807, 2.05) is 0 Å². The van der Waals surface area contributed by atoms with Gasteiger partial charge in [0.2, 0.25) is 11.8 Å². The zero-order chi connectivity index (χ0) is 29.6. The number of amides is 2. The van der Waals surface area contributed by atoms with Gasteiger partial charge in [-0.05, 0) is 67.8 Å². The first-order chi connectivity index (χ1) is 19.6. The van der Waals surface area contributed by atoms with Gasteiger partial charge in [0.25, 0.3) is 10.0 Å². The van der Waals surface area contributed by atoms with E-state index < -0.39 is 28.5 Å². The Morgan fingerprint density at radius 1 is 0.976 bits per heavy atom. The SMILES string of the molecule is COc1ccc(CN(C(=O)CN(c2ccc(Cl)c(Cl)c2)S(=O)(=O)c2ccccc2)C(C)C(=O)NC2CCCC2)cc1. The van der Waals surface area contributed by atoms with Gasteiger partial charge in [-0.1, -0.05) is 66.4 Å². The number of rotatable bonds is 11. The van der Waals surface area contributed by atoms with Gasteiger partial charge in [0.15, 0.2) is 0 Å². The first-order valence-electron chi connectivity index (χ1n) is 13.4. The molecule has 2 amide bonds. The predicted octanol–water partition coefficient (Wildman–Crippen LogP) is 5.67. The zero-order valence-electron chi connectivity index (χ0n) is 22.9. The molecule has 4 rings (SSSR count). The summed E-state index contributed by atoms with van der Waals surface area (Å²) in [5.74, 6) is -0.190. The molecule has 0 spiro atoms. The van der Waals surface area contributed by atoms with Crippen molar-refractivity contribution in [3.05, 3.63) is 88.4 Å². The van der Waals surface area contributed by atoms with Crippen LogP contribution in [0.25, 0.3) is 0 Å². The van der Waals surface area contributed by atoms with E-state index in [1.165, 1.54) is 35.2 Å². The minimum absolute atomic E-state index is 0.00704. The van der Waals surface area contributed by atoms with Crippen LogP contribution in [0.15, 0.2) is 77.7 Å². The van der Waals surface area contributed by atoms with Gasteiger partial charge in [-0.25, -0.2) is 8.42 Å². The lowest BCUT2D eigenvalue weighted by atomic mass is 10.1. The molecule has 1 aliphatic carbocycles. The standard InChI is InChI=1S/C30H33Cl2N3O5S/c1-21(30(37)33-23-8-6-7-9-23)34(19-22-12-15-25(40-2)16-13-22)29(36)20-35(24-14-17-27(31)28(32)18-24)41(38,39)26-10-4-3-5-11-26/h3-5,10-18,21,23H,6-9,19-20H2,1-2H3,(H,33,37). The van der Waals surface area contributed by atoms with Crippen molar-refractivity contribution in [2.45, 2.75) is 56.1 Å². The molecule has 0 heterocycles. The zero-order valence-corrected chi connectivity index (χ0v) is 25.3. The van der Waals surface area contributed by atoms with E-state index in [4.69, 9.17) is 27.9 Å². The van der Waals surface area contributed by atoms with Crippen LogP contribution in [0.3, 0.4) is 0 Å². The first kappa shape index (κ1) is 30.7. The van der Waals surface area contributed by atoms with Gasteiger partial charge in [0.05, 0.1) is 27.7 Å². The second-order valence-electron chi connectivity index (χ2n) is 9.96. The van der Waals surface area contributed by atoms with Crippen LogP contribution in [-0.4, -0.2) is 50.9 Å². The third-order valence-electron chi connectivity index (χ3n) is 7.18. The van der Waals surface area contributed by atoms with Crippen LogP contribution >= 0.6 is 23.2 Å². The van der Waals surface area contributed by atoms with E-state index >= 15 is 0 Å². The number of nitrogens with zero attached hydrogens (tertiary/aromatic N) is 2. The van der Waals surface area contributed by atoms with E-state index in [0.717, 1.165) is 35.6 Å². The van der Waals surface area contributed by atoms with Gasteiger partial charge in [-0.3, -0.25) is 13.9 Å². The Bertz CT molecular complexity index is 1460. The van der Waals surface area contributed by atoms with Gasteiger partial charge >= 0.3 is 0 Å². The molecule has 3 aromatic carbocycles. The van der Waals surface area contributed by atoms with Gasteiger partial charge in [-0.2, -0.15) is 0 Å². The predicted molar refractivity (Wildman–Crippen MR) is 161 cm³/mol. The molecule has 1 unspecified atom stereocenters. The number of ether oxygens (including phenoxy) is 1. The lowest BCUT2D eigenvalue weighted by Crippen LogP contribution is -2.52. The average molecular weight is 619 g/mol. The Morgan fingerprint density at radius 2 is 1.63 bits per heavy atom. The molecule has 0 radical (unpaired) electrons. The van der Waals surface area contributed by atoms with E-state index in [2.05, 4.69) is 5.32 Å². The minimum Gasteiger partial charge on any atom is -0.497 e. The Morgan fingerprint density at radius 3 is 2.24 bits per heavy atom. The maximum absolute atomic E-state index is 14.0. The van der Waals surface area contributed by atoms with Gasteiger partial charge < -0.3 is 15.0 Å². The highest BCUT2D eigenvalue weighted by atomic mass is 35.5. The number of nitrogens with one attached hydrogen (secondary N) is 1.